The second-order valence-corrected chi connectivity index (χ2v) is 6.98. The van der Waals surface area contributed by atoms with Crippen LogP contribution in [0.4, 0.5) is 0 Å². The number of sulfone groups is 1. The standard InChI is InChI=1S/C13H18N2O5S/c1-21(19,20)8-7-10(14)12(16)15-11(13(17)18)9-5-3-2-4-6-9/h2-6,10-11H,7-8,14H2,1H3,(H,15,16)(H,17,18)/t10?,11-/m0/s1. The number of benzene rings is 1. The molecule has 1 aromatic rings. The number of carboxylic acid groups (broad SMARTS) is 1. The number of carboxylic acids is 1. The van der Waals surface area contributed by atoms with Gasteiger partial charge in [-0.05, 0) is 12.0 Å². The molecule has 7 nitrogen and oxygen atoms in total. The van der Waals surface area contributed by atoms with E-state index in [9.17, 15) is 18.0 Å². The molecule has 1 amide bonds. The number of nitrogens with one attached hydrogen (secondary N) is 1. The van der Waals surface area contributed by atoms with Crippen molar-refractivity contribution in [1.82, 2.24) is 5.32 Å². The minimum absolute atomic E-state index is 0.0637. The smallest absolute Gasteiger partial charge is 0.330 e. The summed E-state index contributed by atoms with van der Waals surface area (Å²) in [4.78, 5) is 23.1. The molecular formula is C13H18N2O5S. The summed E-state index contributed by atoms with van der Waals surface area (Å²) in [6, 6.07) is 5.88. The maximum absolute atomic E-state index is 11.9. The molecule has 0 aliphatic heterocycles. The van der Waals surface area contributed by atoms with Crippen LogP contribution >= 0.6 is 0 Å². The Bertz CT molecular complexity index is 600. The highest BCUT2D eigenvalue weighted by Gasteiger charge is 2.25. The summed E-state index contributed by atoms with van der Waals surface area (Å²) in [6.45, 7) is 0. The SMILES string of the molecule is CS(=O)(=O)CCC(N)C(=O)N[C@H](C(=O)O)c1ccccc1. The quantitative estimate of drug-likeness (QED) is 0.633. The zero-order valence-corrected chi connectivity index (χ0v) is 12.3. The Labute approximate surface area is 123 Å². The Morgan fingerprint density at radius 2 is 1.86 bits per heavy atom. The Balaban J connectivity index is 2.72. The zero-order valence-electron chi connectivity index (χ0n) is 11.5. The summed E-state index contributed by atoms with van der Waals surface area (Å²) in [5.74, 6) is -2.15. The van der Waals surface area contributed by atoms with Crippen molar-refractivity contribution >= 4 is 21.7 Å². The first kappa shape index (κ1) is 17.1. The van der Waals surface area contributed by atoms with Crippen LogP contribution in [-0.2, 0) is 19.4 Å². The van der Waals surface area contributed by atoms with Crippen molar-refractivity contribution in [3.63, 3.8) is 0 Å². The van der Waals surface area contributed by atoms with E-state index in [0.717, 1.165) is 6.26 Å². The van der Waals surface area contributed by atoms with Gasteiger partial charge in [-0.1, -0.05) is 30.3 Å². The van der Waals surface area contributed by atoms with Gasteiger partial charge in [0, 0.05) is 6.26 Å². The van der Waals surface area contributed by atoms with Gasteiger partial charge >= 0.3 is 5.97 Å². The first-order valence-corrected chi connectivity index (χ1v) is 8.28. The Kier molecular flexibility index (Phi) is 5.86. The number of hydrogen-bond donors (Lipinski definition) is 3. The maximum Gasteiger partial charge on any atom is 0.330 e. The van der Waals surface area contributed by atoms with Gasteiger partial charge in [-0.25, -0.2) is 13.2 Å². The van der Waals surface area contributed by atoms with Crippen molar-refractivity contribution in [2.45, 2.75) is 18.5 Å². The maximum atomic E-state index is 11.9. The normalized spacial score (nSPS) is 14.2. The van der Waals surface area contributed by atoms with Crippen molar-refractivity contribution in [3.05, 3.63) is 35.9 Å². The number of hydrogen-bond acceptors (Lipinski definition) is 5. The summed E-state index contributed by atoms with van der Waals surface area (Å²) in [7, 11) is -3.23. The lowest BCUT2D eigenvalue weighted by Crippen LogP contribution is -2.45. The van der Waals surface area contributed by atoms with Crippen LogP contribution in [0.2, 0.25) is 0 Å². The highest BCUT2D eigenvalue weighted by molar-refractivity contribution is 7.90. The van der Waals surface area contributed by atoms with E-state index < -0.39 is 33.8 Å². The predicted molar refractivity (Wildman–Crippen MR) is 77.3 cm³/mol. The van der Waals surface area contributed by atoms with Gasteiger partial charge in [0.2, 0.25) is 5.91 Å². The summed E-state index contributed by atoms with van der Waals surface area (Å²) >= 11 is 0. The highest BCUT2D eigenvalue weighted by atomic mass is 32.2. The van der Waals surface area contributed by atoms with E-state index in [0.29, 0.717) is 5.56 Å². The second kappa shape index (κ2) is 7.19. The molecule has 8 heteroatoms. The Morgan fingerprint density at radius 3 is 2.33 bits per heavy atom. The summed E-state index contributed by atoms with van der Waals surface area (Å²) in [5, 5.41) is 11.5. The minimum atomic E-state index is -3.23. The first-order chi connectivity index (χ1) is 9.70. The molecule has 0 heterocycles. The number of carbonyl (C=O) groups excluding carboxylic acids is 1. The Hall–Kier alpha value is -1.93. The number of nitrogens with two attached hydrogens (primary N) is 1. The van der Waals surface area contributed by atoms with Crippen molar-refractivity contribution in [3.8, 4) is 0 Å². The molecule has 0 radical (unpaired) electrons. The van der Waals surface area contributed by atoms with Gasteiger partial charge in [0.15, 0.2) is 6.04 Å². The summed E-state index contributed by atoms with van der Waals surface area (Å²) in [6.07, 6.45) is 0.980. The van der Waals surface area contributed by atoms with E-state index in [-0.39, 0.29) is 12.2 Å². The molecule has 4 N–H and O–H groups in total. The fourth-order valence-corrected chi connectivity index (χ4v) is 2.34. The molecule has 1 aromatic carbocycles. The van der Waals surface area contributed by atoms with Crippen LogP contribution in [0.3, 0.4) is 0 Å². The van der Waals surface area contributed by atoms with Crippen molar-refractivity contribution in [1.29, 1.82) is 0 Å². The van der Waals surface area contributed by atoms with Gasteiger partial charge in [0.05, 0.1) is 11.8 Å². The Morgan fingerprint density at radius 1 is 1.29 bits per heavy atom. The van der Waals surface area contributed by atoms with Crippen molar-refractivity contribution < 1.29 is 23.1 Å². The van der Waals surface area contributed by atoms with Gasteiger partial charge in [0.1, 0.15) is 9.84 Å². The molecule has 0 spiro atoms. The van der Waals surface area contributed by atoms with Crippen molar-refractivity contribution in [2.24, 2.45) is 5.73 Å². The molecule has 1 rings (SSSR count). The molecule has 0 bridgehead atoms. The van der Waals surface area contributed by atoms with Gasteiger partial charge in [-0.2, -0.15) is 0 Å². The topological polar surface area (TPSA) is 127 Å². The molecule has 0 aromatic heterocycles. The van der Waals surface area contributed by atoms with Crippen LogP contribution in [0.25, 0.3) is 0 Å². The molecule has 0 fully saturated rings. The average Bonchev–Trinajstić information content (AvgIpc) is 2.41. The van der Waals surface area contributed by atoms with E-state index in [1.165, 1.54) is 0 Å². The molecule has 2 atom stereocenters. The van der Waals surface area contributed by atoms with E-state index in [1.54, 1.807) is 30.3 Å². The van der Waals surface area contributed by atoms with Crippen LogP contribution in [0, 0.1) is 0 Å². The molecule has 21 heavy (non-hydrogen) atoms. The average molecular weight is 314 g/mol. The largest absolute Gasteiger partial charge is 0.479 e. The number of carbonyl (C=O) groups is 2. The lowest BCUT2D eigenvalue weighted by Gasteiger charge is -2.18. The van der Waals surface area contributed by atoms with Crippen molar-refractivity contribution in [2.75, 3.05) is 12.0 Å². The summed E-state index contributed by atoms with van der Waals surface area (Å²) < 4.78 is 22.1. The van der Waals surface area contributed by atoms with Crippen LogP contribution < -0.4 is 11.1 Å². The monoisotopic (exact) mass is 314 g/mol. The lowest BCUT2D eigenvalue weighted by atomic mass is 10.1. The number of amides is 1. The van der Waals surface area contributed by atoms with Gasteiger partial charge in [-0.15, -0.1) is 0 Å². The van der Waals surface area contributed by atoms with E-state index >= 15 is 0 Å². The fraction of sp³-hybridized carbons (Fsp3) is 0.385. The molecule has 116 valence electrons. The third-order valence-corrected chi connectivity index (χ3v) is 3.78. The van der Waals surface area contributed by atoms with E-state index in [1.807, 2.05) is 0 Å². The fourth-order valence-electron chi connectivity index (χ4n) is 1.65. The summed E-state index contributed by atoms with van der Waals surface area (Å²) in [5.41, 5.74) is 5.99. The van der Waals surface area contributed by atoms with Crippen LogP contribution in [0.15, 0.2) is 30.3 Å². The first-order valence-electron chi connectivity index (χ1n) is 6.22. The lowest BCUT2D eigenvalue weighted by molar-refractivity contribution is -0.142. The number of aliphatic carboxylic acids is 1. The third kappa shape index (κ3) is 5.92. The molecule has 0 aliphatic rings. The van der Waals surface area contributed by atoms with E-state index in [4.69, 9.17) is 10.8 Å². The molecule has 0 saturated heterocycles. The van der Waals surface area contributed by atoms with Gasteiger partial charge < -0.3 is 16.2 Å². The molecular weight excluding hydrogens is 296 g/mol. The second-order valence-electron chi connectivity index (χ2n) is 4.72. The van der Waals surface area contributed by atoms with Gasteiger partial charge in [-0.3, -0.25) is 4.79 Å². The van der Waals surface area contributed by atoms with E-state index in [2.05, 4.69) is 5.32 Å². The molecule has 0 aliphatic carbocycles. The third-order valence-electron chi connectivity index (χ3n) is 2.80. The number of rotatable bonds is 7. The minimum Gasteiger partial charge on any atom is -0.479 e. The highest BCUT2D eigenvalue weighted by Crippen LogP contribution is 2.13. The van der Waals surface area contributed by atoms with Crippen LogP contribution in [-0.4, -0.2) is 43.5 Å². The van der Waals surface area contributed by atoms with Gasteiger partial charge in [0.25, 0.3) is 0 Å². The zero-order chi connectivity index (χ0) is 16.0. The molecule has 0 saturated carbocycles. The molecule has 1 unspecified atom stereocenters. The van der Waals surface area contributed by atoms with Crippen LogP contribution in [0.1, 0.15) is 18.0 Å². The van der Waals surface area contributed by atoms with Crippen LogP contribution in [0.5, 0.6) is 0 Å². The predicted octanol–water partition coefficient (Wildman–Crippen LogP) is -0.309.